The van der Waals surface area contributed by atoms with Gasteiger partial charge in [-0.05, 0) is 89.4 Å². The van der Waals surface area contributed by atoms with Crippen molar-refractivity contribution < 1.29 is 4.74 Å². The third-order valence-electron chi connectivity index (χ3n) is 12.8. The van der Waals surface area contributed by atoms with E-state index in [0.29, 0.717) is 0 Å². The molecule has 8 aromatic rings. The van der Waals surface area contributed by atoms with Gasteiger partial charge in [-0.15, -0.1) is 0 Å². The zero-order chi connectivity index (χ0) is 36.0. The van der Waals surface area contributed by atoms with Gasteiger partial charge in [-0.1, -0.05) is 88.4 Å². The molecule has 6 heterocycles. The molecule has 6 nitrogen and oxygen atoms in total. The van der Waals surface area contributed by atoms with Crippen LogP contribution in [0.25, 0.3) is 38.4 Å². The lowest BCUT2D eigenvalue weighted by atomic mass is 9.59. The van der Waals surface area contributed by atoms with Crippen LogP contribution in [0.15, 0.2) is 122 Å². The van der Waals surface area contributed by atoms with Crippen molar-refractivity contribution in [1.82, 2.24) is 14.4 Å². The maximum Gasteiger partial charge on any atom is 0.422 e. The Balaban J connectivity index is 1.08. The summed E-state index contributed by atoms with van der Waals surface area (Å²) < 4.78 is 9.22. The second-order valence-electron chi connectivity index (χ2n) is 16.0. The van der Waals surface area contributed by atoms with Gasteiger partial charge in [0.05, 0.1) is 16.9 Å². The summed E-state index contributed by atoms with van der Waals surface area (Å²) in [6.45, 7) is 13.7. The van der Waals surface area contributed by atoms with E-state index < -0.39 is 0 Å². The summed E-state index contributed by atoms with van der Waals surface area (Å²) in [5.74, 6) is 2.50. The molecule has 0 aliphatic carbocycles. The number of rotatable bonds is 3. The zero-order valence-electron chi connectivity index (χ0n) is 30.8. The fraction of sp³-hybridized carbons (Fsp3) is 0.174. The molecule has 0 fully saturated rings. The SMILES string of the molecule is Cc1cccc(C)c1N1B2c3ccccc3-c3cccnc3N2c2cc(Oc3ccc4c(c3)c3ncc5n3c3c(cccc43)C(C)(C)C5(C)C)ccc21. The first-order chi connectivity index (χ1) is 25.6. The van der Waals surface area contributed by atoms with Gasteiger partial charge in [0.1, 0.15) is 23.0 Å². The molecular weight excluding hydrogens is 649 g/mol. The molecule has 0 spiro atoms. The Labute approximate surface area is 309 Å². The van der Waals surface area contributed by atoms with Crippen LogP contribution in [0, 0.1) is 13.8 Å². The molecule has 0 amide bonds. The van der Waals surface area contributed by atoms with Crippen LogP contribution in [0.3, 0.4) is 0 Å². The smallest absolute Gasteiger partial charge is 0.422 e. The molecule has 0 unspecified atom stereocenters. The van der Waals surface area contributed by atoms with Gasteiger partial charge in [0, 0.05) is 57.0 Å². The van der Waals surface area contributed by atoms with Crippen LogP contribution in [0.1, 0.15) is 50.1 Å². The average Bonchev–Trinajstić information content (AvgIpc) is 3.76. The zero-order valence-corrected chi connectivity index (χ0v) is 30.8. The first-order valence-electron chi connectivity index (χ1n) is 18.5. The molecule has 7 heteroatoms. The second kappa shape index (κ2) is 10.3. The number of anilines is 4. The number of pyridine rings is 2. The topological polar surface area (TPSA) is 45.9 Å². The average molecular weight is 688 g/mol. The third-order valence-corrected chi connectivity index (χ3v) is 12.8. The number of fused-ring (bicyclic) bond motifs is 11. The number of imidazole rings is 1. The lowest BCUT2D eigenvalue weighted by Crippen LogP contribution is -2.56. The van der Waals surface area contributed by atoms with Crippen molar-refractivity contribution in [3.63, 3.8) is 0 Å². The predicted molar refractivity (Wildman–Crippen MR) is 218 cm³/mol. The molecule has 0 radical (unpaired) electrons. The minimum Gasteiger partial charge on any atom is -0.457 e. The Morgan fingerprint density at radius 2 is 1.38 bits per heavy atom. The van der Waals surface area contributed by atoms with Gasteiger partial charge in [-0.3, -0.25) is 4.40 Å². The summed E-state index contributed by atoms with van der Waals surface area (Å²) in [5.41, 5.74) is 14.2. The van der Waals surface area contributed by atoms with E-state index in [0.717, 1.165) is 45.3 Å². The number of para-hydroxylation sites is 2. The molecular formula is C46H38BN5O. The molecule has 0 saturated carbocycles. The normalized spacial score (nSPS) is 15.9. The van der Waals surface area contributed by atoms with E-state index in [-0.39, 0.29) is 17.8 Å². The highest BCUT2D eigenvalue weighted by atomic mass is 16.5. The third kappa shape index (κ3) is 3.84. The van der Waals surface area contributed by atoms with E-state index in [9.17, 15) is 0 Å². The standard InChI is InChI=1S/C46H38BN5O/c1-27-12-9-13-28(2)41(27)51-38-22-20-30(25-39(38)52-44-34(16-11-23-48-44)32-14-7-8-18-37(32)47(51)52)53-29-19-21-31-33-15-10-17-36-42(33)50-40(46(5,6)45(36,3)4)26-49-43(50)35(31)24-29/h7-26H,1-6H3. The van der Waals surface area contributed by atoms with E-state index in [2.05, 4.69) is 165 Å². The molecule has 11 rings (SSSR count). The van der Waals surface area contributed by atoms with E-state index >= 15 is 0 Å². The Kier molecular flexibility index (Phi) is 5.93. The number of aromatic nitrogens is 3. The van der Waals surface area contributed by atoms with Crippen LogP contribution in [0.5, 0.6) is 11.5 Å². The minimum atomic E-state index is -0.106. The number of nitrogens with zero attached hydrogens (tertiary/aromatic N) is 5. The molecule has 3 aromatic heterocycles. The Morgan fingerprint density at radius 3 is 2.23 bits per heavy atom. The molecule has 0 bridgehead atoms. The van der Waals surface area contributed by atoms with Crippen LogP contribution >= 0.6 is 0 Å². The van der Waals surface area contributed by atoms with Crippen molar-refractivity contribution in [2.75, 3.05) is 9.62 Å². The minimum absolute atomic E-state index is 0.0568. The number of hydrogen-bond donors (Lipinski definition) is 0. The monoisotopic (exact) mass is 687 g/mol. The summed E-state index contributed by atoms with van der Waals surface area (Å²) in [6, 6.07) is 39.3. The van der Waals surface area contributed by atoms with Crippen molar-refractivity contribution >= 4 is 62.6 Å². The number of hydrogen-bond acceptors (Lipinski definition) is 5. The van der Waals surface area contributed by atoms with Crippen LogP contribution in [-0.2, 0) is 10.8 Å². The van der Waals surface area contributed by atoms with Gasteiger partial charge < -0.3 is 14.4 Å². The number of ether oxygens (including phenoxy) is 1. The van der Waals surface area contributed by atoms with Crippen molar-refractivity contribution in [2.24, 2.45) is 0 Å². The quantitative estimate of drug-likeness (QED) is 0.137. The summed E-state index contributed by atoms with van der Waals surface area (Å²) in [5, 5.41) is 3.51. The largest absolute Gasteiger partial charge is 0.457 e. The van der Waals surface area contributed by atoms with E-state index in [1.54, 1.807) is 0 Å². The fourth-order valence-electron chi connectivity index (χ4n) is 9.56. The first kappa shape index (κ1) is 30.5. The first-order valence-corrected chi connectivity index (χ1v) is 18.5. The fourth-order valence-corrected chi connectivity index (χ4v) is 9.56. The molecule has 3 aliphatic heterocycles. The van der Waals surface area contributed by atoms with Gasteiger partial charge in [-0.2, -0.15) is 0 Å². The van der Waals surface area contributed by atoms with Crippen molar-refractivity contribution in [1.29, 1.82) is 0 Å². The highest BCUT2D eigenvalue weighted by Crippen LogP contribution is 2.54. The molecule has 0 N–H and O–H groups in total. The highest BCUT2D eigenvalue weighted by molar-refractivity contribution is 6.86. The molecule has 0 saturated heterocycles. The van der Waals surface area contributed by atoms with E-state index in [1.165, 1.54) is 55.4 Å². The van der Waals surface area contributed by atoms with Gasteiger partial charge in [0.15, 0.2) is 0 Å². The van der Waals surface area contributed by atoms with Gasteiger partial charge in [0.2, 0.25) is 0 Å². The summed E-state index contributed by atoms with van der Waals surface area (Å²) >= 11 is 0. The van der Waals surface area contributed by atoms with Gasteiger partial charge in [-0.25, -0.2) is 9.97 Å². The van der Waals surface area contributed by atoms with Crippen LogP contribution in [0.2, 0.25) is 0 Å². The van der Waals surface area contributed by atoms with Crippen LogP contribution < -0.4 is 19.8 Å². The maximum atomic E-state index is 6.81. The van der Waals surface area contributed by atoms with E-state index in [1.807, 2.05) is 12.3 Å². The van der Waals surface area contributed by atoms with Crippen LogP contribution in [-0.4, -0.2) is 21.4 Å². The van der Waals surface area contributed by atoms with Crippen LogP contribution in [0.4, 0.5) is 22.9 Å². The van der Waals surface area contributed by atoms with Crippen molar-refractivity contribution in [3.05, 3.63) is 144 Å². The van der Waals surface area contributed by atoms with E-state index in [4.69, 9.17) is 14.7 Å². The van der Waals surface area contributed by atoms with Gasteiger partial charge in [0.25, 0.3) is 0 Å². The van der Waals surface area contributed by atoms with Gasteiger partial charge >= 0.3 is 6.98 Å². The van der Waals surface area contributed by atoms with Crippen molar-refractivity contribution in [3.8, 4) is 22.6 Å². The Bertz CT molecular complexity index is 2870. The lowest BCUT2D eigenvalue weighted by Gasteiger charge is -2.45. The lowest BCUT2D eigenvalue weighted by molar-refractivity contribution is 0.288. The Morgan fingerprint density at radius 1 is 0.623 bits per heavy atom. The molecule has 53 heavy (non-hydrogen) atoms. The van der Waals surface area contributed by atoms with Crippen molar-refractivity contribution in [2.45, 2.75) is 52.4 Å². The maximum absolute atomic E-state index is 6.81. The number of benzene rings is 5. The second-order valence-corrected chi connectivity index (χ2v) is 16.0. The molecule has 5 aromatic carbocycles. The molecule has 0 atom stereocenters. The molecule has 3 aliphatic rings. The molecule has 256 valence electrons. The summed E-state index contributed by atoms with van der Waals surface area (Å²) in [6.07, 6.45) is 3.98. The summed E-state index contributed by atoms with van der Waals surface area (Å²) in [7, 11) is 0. The number of aryl methyl sites for hydroxylation is 2. The summed E-state index contributed by atoms with van der Waals surface area (Å²) in [4.78, 5) is 15.0. The highest BCUT2D eigenvalue weighted by Gasteiger charge is 2.49. The Hall–Kier alpha value is -6.08. The predicted octanol–water partition coefficient (Wildman–Crippen LogP) is 10.7.